The highest BCUT2D eigenvalue weighted by molar-refractivity contribution is 5.18. The molecule has 0 unspecified atom stereocenters. The average Bonchev–Trinajstić information content (AvgIpc) is 2.15. The lowest BCUT2D eigenvalue weighted by atomic mass is 10.1. The Morgan fingerprint density at radius 2 is 1.92 bits per heavy atom. The molecule has 0 aliphatic carbocycles. The number of aliphatic hydroxyl groups excluding tert-OH is 1. The third kappa shape index (κ3) is 3.43. The van der Waals surface area contributed by atoms with Crippen LogP contribution in [0.25, 0.3) is 0 Å². The lowest BCUT2D eigenvalue weighted by Crippen LogP contribution is -1.94. The van der Waals surface area contributed by atoms with E-state index in [1.807, 2.05) is 44.2 Å². The fourth-order valence-electron chi connectivity index (χ4n) is 1.16. The maximum Gasteiger partial charge on any atom is 0.0824 e. The molecule has 1 atom stereocenters. The van der Waals surface area contributed by atoms with Gasteiger partial charge >= 0.3 is 0 Å². The van der Waals surface area contributed by atoms with Crippen molar-refractivity contribution in [1.29, 1.82) is 0 Å². The fraction of sp³-hybridized carbons (Fsp3) is 0.333. The second kappa shape index (κ2) is 4.83. The maximum absolute atomic E-state index is 9.72. The summed E-state index contributed by atoms with van der Waals surface area (Å²) in [5.74, 6) is 0. The minimum absolute atomic E-state index is 0.365. The molecule has 0 radical (unpaired) electrons. The number of rotatable bonds is 3. The molecule has 1 aromatic rings. The van der Waals surface area contributed by atoms with Crippen LogP contribution in [0.5, 0.6) is 0 Å². The number of aliphatic hydroxyl groups is 1. The third-order valence-electron chi connectivity index (χ3n) is 1.93. The van der Waals surface area contributed by atoms with Crippen LogP contribution in [-0.2, 0) is 0 Å². The van der Waals surface area contributed by atoms with E-state index in [4.69, 9.17) is 0 Å². The van der Waals surface area contributed by atoms with Gasteiger partial charge in [-0.2, -0.15) is 0 Å². The van der Waals surface area contributed by atoms with Crippen LogP contribution in [0.4, 0.5) is 0 Å². The van der Waals surface area contributed by atoms with Gasteiger partial charge in [0, 0.05) is 0 Å². The van der Waals surface area contributed by atoms with Crippen LogP contribution in [0.2, 0.25) is 0 Å². The number of hydrogen-bond donors (Lipinski definition) is 1. The highest BCUT2D eigenvalue weighted by Crippen LogP contribution is 2.16. The van der Waals surface area contributed by atoms with Crippen LogP contribution < -0.4 is 0 Å². The molecule has 0 fully saturated rings. The normalized spacial score (nSPS) is 12.2. The Morgan fingerprint density at radius 3 is 2.46 bits per heavy atom. The van der Waals surface area contributed by atoms with Gasteiger partial charge in [0.1, 0.15) is 0 Å². The zero-order valence-electron chi connectivity index (χ0n) is 8.20. The monoisotopic (exact) mass is 176 g/mol. The molecule has 0 aliphatic rings. The summed E-state index contributed by atoms with van der Waals surface area (Å²) in [7, 11) is 0. The number of hydrogen-bond acceptors (Lipinski definition) is 1. The van der Waals surface area contributed by atoms with Crippen molar-refractivity contribution < 1.29 is 5.11 Å². The van der Waals surface area contributed by atoms with Gasteiger partial charge < -0.3 is 5.11 Å². The smallest absolute Gasteiger partial charge is 0.0824 e. The molecule has 0 aromatic heterocycles. The first-order chi connectivity index (χ1) is 6.20. The van der Waals surface area contributed by atoms with Crippen molar-refractivity contribution in [2.75, 3.05) is 0 Å². The molecule has 1 aromatic carbocycles. The topological polar surface area (TPSA) is 20.2 Å². The minimum atomic E-state index is -0.365. The largest absolute Gasteiger partial charge is 0.388 e. The Balaban J connectivity index is 2.59. The number of benzene rings is 1. The molecule has 1 rings (SSSR count). The van der Waals surface area contributed by atoms with E-state index < -0.39 is 0 Å². The van der Waals surface area contributed by atoms with Gasteiger partial charge in [-0.3, -0.25) is 0 Å². The predicted octanol–water partition coefficient (Wildman–Crippen LogP) is 3.08. The molecule has 1 N–H and O–H groups in total. The van der Waals surface area contributed by atoms with Crippen LogP contribution in [0.3, 0.4) is 0 Å². The van der Waals surface area contributed by atoms with E-state index in [1.54, 1.807) is 0 Å². The Kier molecular flexibility index (Phi) is 3.71. The molecule has 0 saturated heterocycles. The summed E-state index contributed by atoms with van der Waals surface area (Å²) < 4.78 is 0. The van der Waals surface area contributed by atoms with Gasteiger partial charge in [0.25, 0.3) is 0 Å². The molecule has 0 amide bonds. The zero-order valence-corrected chi connectivity index (χ0v) is 8.20. The van der Waals surface area contributed by atoms with Gasteiger partial charge in [-0.05, 0) is 25.8 Å². The molecule has 1 heteroatoms. The van der Waals surface area contributed by atoms with Crippen LogP contribution in [0, 0.1) is 0 Å². The van der Waals surface area contributed by atoms with Crippen molar-refractivity contribution in [3.63, 3.8) is 0 Å². The van der Waals surface area contributed by atoms with Crippen LogP contribution in [0.15, 0.2) is 42.0 Å². The van der Waals surface area contributed by atoms with Gasteiger partial charge in [-0.25, -0.2) is 0 Å². The molecule has 0 saturated carbocycles. The summed E-state index contributed by atoms with van der Waals surface area (Å²) in [6.07, 6.45) is 2.39. The molecular formula is C12H16O. The van der Waals surface area contributed by atoms with Crippen molar-refractivity contribution in [3.05, 3.63) is 47.5 Å². The standard InChI is InChI=1S/C12H16O/c1-10(2)8-9-12(13)11-6-4-3-5-7-11/h3-8,12-13H,9H2,1-2H3/t12-/m0/s1. The highest BCUT2D eigenvalue weighted by atomic mass is 16.3. The summed E-state index contributed by atoms with van der Waals surface area (Å²) in [4.78, 5) is 0. The Hall–Kier alpha value is -1.08. The highest BCUT2D eigenvalue weighted by Gasteiger charge is 2.03. The molecule has 0 heterocycles. The van der Waals surface area contributed by atoms with E-state index in [1.165, 1.54) is 5.57 Å². The molecule has 0 spiro atoms. The third-order valence-corrected chi connectivity index (χ3v) is 1.93. The van der Waals surface area contributed by atoms with E-state index >= 15 is 0 Å². The van der Waals surface area contributed by atoms with Crippen molar-refractivity contribution in [2.45, 2.75) is 26.4 Å². The molecule has 70 valence electrons. The molecule has 1 nitrogen and oxygen atoms in total. The second-order valence-corrected chi connectivity index (χ2v) is 3.44. The summed E-state index contributed by atoms with van der Waals surface area (Å²) >= 11 is 0. The zero-order chi connectivity index (χ0) is 9.68. The van der Waals surface area contributed by atoms with Gasteiger partial charge in [0.05, 0.1) is 6.10 Å². The summed E-state index contributed by atoms with van der Waals surface area (Å²) in [6, 6.07) is 9.74. The van der Waals surface area contributed by atoms with E-state index in [0.717, 1.165) is 5.56 Å². The van der Waals surface area contributed by atoms with Crippen molar-refractivity contribution in [1.82, 2.24) is 0 Å². The quantitative estimate of drug-likeness (QED) is 0.702. The van der Waals surface area contributed by atoms with Crippen molar-refractivity contribution in [3.8, 4) is 0 Å². The van der Waals surface area contributed by atoms with Gasteiger partial charge in [-0.1, -0.05) is 42.0 Å². The van der Waals surface area contributed by atoms with E-state index in [-0.39, 0.29) is 6.10 Å². The van der Waals surface area contributed by atoms with E-state index in [0.29, 0.717) is 6.42 Å². The molecule has 0 bridgehead atoms. The fourth-order valence-corrected chi connectivity index (χ4v) is 1.16. The lowest BCUT2D eigenvalue weighted by molar-refractivity contribution is 0.181. The second-order valence-electron chi connectivity index (χ2n) is 3.44. The minimum Gasteiger partial charge on any atom is -0.388 e. The average molecular weight is 176 g/mol. The van der Waals surface area contributed by atoms with E-state index in [2.05, 4.69) is 6.08 Å². The Morgan fingerprint density at radius 1 is 1.31 bits per heavy atom. The Labute approximate surface area is 79.7 Å². The first-order valence-electron chi connectivity index (χ1n) is 4.56. The summed E-state index contributed by atoms with van der Waals surface area (Å²) in [6.45, 7) is 4.08. The maximum atomic E-state index is 9.72. The van der Waals surface area contributed by atoms with Gasteiger partial charge in [0.2, 0.25) is 0 Å². The molecule has 13 heavy (non-hydrogen) atoms. The van der Waals surface area contributed by atoms with E-state index in [9.17, 15) is 5.11 Å². The van der Waals surface area contributed by atoms with Crippen molar-refractivity contribution in [2.24, 2.45) is 0 Å². The van der Waals surface area contributed by atoms with Crippen LogP contribution in [-0.4, -0.2) is 5.11 Å². The SMILES string of the molecule is CC(C)=CC[C@H](O)c1ccccc1. The summed E-state index contributed by atoms with van der Waals surface area (Å²) in [5, 5.41) is 9.72. The van der Waals surface area contributed by atoms with Crippen LogP contribution in [0.1, 0.15) is 31.9 Å². The lowest BCUT2D eigenvalue weighted by Gasteiger charge is -2.07. The number of allylic oxidation sites excluding steroid dienone is 1. The first kappa shape index (κ1) is 10.0. The van der Waals surface area contributed by atoms with Gasteiger partial charge in [0.15, 0.2) is 0 Å². The van der Waals surface area contributed by atoms with Crippen LogP contribution >= 0.6 is 0 Å². The summed E-state index contributed by atoms with van der Waals surface area (Å²) in [5.41, 5.74) is 2.23. The predicted molar refractivity (Wildman–Crippen MR) is 55.4 cm³/mol. The first-order valence-corrected chi connectivity index (χ1v) is 4.56. The molecule has 0 aliphatic heterocycles. The Bertz CT molecular complexity index is 270. The van der Waals surface area contributed by atoms with Crippen molar-refractivity contribution >= 4 is 0 Å². The van der Waals surface area contributed by atoms with Gasteiger partial charge in [-0.15, -0.1) is 0 Å². The molecular weight excluding hydrogens is 160 g/mol.